The molecule has 0 aliphatic carbocycles. The third kappa shape index (κ3) is 5.29. The summed E-state index contributed by atoms with van der Waals surface area (Å²) in [5.41, 5.74) is 0.678. The minimum absolute atomic E-state index is 0.0492. The lowest BCUT2D eigenvalue weighted by Crippen LogP contribution is -2.58. The van der Waals surface area contributed by atoms with Gasteiger partial charge in [0.2, 0.25) is 5.91 Å². The van der Waals surface area contributed by atoms with Gasteiger partial charge in [0.1, 0.15) is 6.04 Å². The summed E-state index contributed by atoms with van der Waals surface area (Å²) in [7, 11) is 0. The maximum absolute atomic E-state index is 12.7. The maximum atomic E-state index is 12.7. The Kier molecular flexibility index (Phi) is 6.02. The van der Waals surface area contributed by atoms with Gasteiger partial charge in [0.05, 0.1) is 6.10 Å². The molecule has 0 saturated carbocycles. The summed E-state index contributed by atoms with van der Waals surface area (Å²) in [6.45, 7) is 7.37. The molecule has 0 spiro atoms. The number of carbonyl (C=O) groups is 3. The van der Waals surface area contributed by atoms with Crippen LogP contribution < -0.4 is 10.6 Å². The van der Waals surface area contributed by atoms with Crippen molar-refractivity contribution in [3.8, 4) is 0 Å². The number of likely N-dealkylation sites (tertiary alicyclic amines) is 1. The number of benzene rings is 1. The normalized spacial score (nSPS) is 20.4. The van der Waals surface area contributed by atoms with Crippen molar-refractivity contribution in [3.63, 3.8) is 0 Å². The second-order valence-electron chi connectivity index (χ2n) is 7.69. The lowest BCUT2D eigenvalue weighted by molar-refractivity contribution is -0.129. The zero-order valence-corrected chi connectivity index (χ0v) is 15.7. The molecular formula is C19H27N3O4. The summed E-state index contributed by atoms with van der Waals surface area (Å²) in [5, 5.41) is 15.6. The summed E-state index contributed by atoms with van der Waals surface area (Å²) in [6.07, 6.45) is 0.0267. The van der Waals surface area contributed by atoms with E-state index in [0.29, 0.717) is 24.2 Å². The maximum Gasteiger partial charge on any atom is 0.322 e. The number of anilines is 1. The molecule has 1 aromatic rings. The van der Waals surface area contributed by atoms with E-state index < -0.39 is 23.7 Å². The SMILES string of the molecule is CC(=O)c1ccc(NC(=O)N2CC[C@@H](O)C[C@H]2C(=O)NC(C)(C)C)cc1. The third-order valence-electron chi connectivity index (χ3n) is 4.18. The molecule has 142 valence electrons. The predicted octanol–water partition coefficient (Wildman–Crippen LogP) is 2.16. The molecule has 0 aromatic heterocycles. The number of amides is 3. The van der Waals surface area contributed by atoms with Crippen LogP contribution in [0.15, 0.2) is 24.3 Å². The summed E-state index contributed by atoms with van der Waals surface area (Å²) < 4.78 is 0. The molecule has 1 aliphatic heterocycles. The van der Waals surface area contributed by atoms with Crippen LogP contribution in [-0.2, 0) is 4.79 Å². The summed E-state index contributed by atoms with van der Waals surface area (Å²) in [6, 6.07) is 5.45. The van der Waals surface area contributed by atoms with Crippen molar-refractivity contribution < 1.29 is 19.5 Å². The van der Waals surface area contributed by atoms with E-state index in [9.17, 15) is 19.5 Å². The number of ketones is 1. The van der Waals surface area contributed by atoms with Gasteiger partial charge >= 0.3 is 6.03 Å². The number of rotatable bonds is 3. The molecule has 0 bridgehead atoms. The summed E-state index contributed by atoms with van der Waals surface area (Å²) in [5.74, 6) is -0.329. The van der Waals surface area contributed by atoms with E-state index in [1.165, 1.54) is 11.8 Å². The minimum atomic E-state index is -0.727. The van der Waals surface area contributed by atoms with Gasteiger partial charge in [-0.25, -0.2) is 4.79 Å². The highest BCUT2D eigenvalue weighted by Crippen LogP contribution is 2.20. The lowest BCUT2D eigenvalue weighted by atomic mass is 9.97. The third-order valence-corrected chi connectivity index (χ3v) is 4.18. The predicted molar refractivity (Wildman–Crippen MR) is 99.1 cm³/mol. The first kappa shape index (κ1) is 19.9. The highest BCUT2D eigenvalue weighted by atomic mass is 16.3. The number of nitrogens with one attached hydrogen (secondary N) is 2. The second kappa shape index (κ2) is 7.86. The standard InChI is InChI=1S/C19H27N3O4/c1-12(23)13-5-7-14(8-6-13)20-18(26)22-10-9-15(24)11-16(22)17(25)21-19(2,3)4/h5-8,15-16,24H,9-11H2,1-4H3,(H,20,26)(H,21,25)/t15-,16+/m1/s1. The Labute approximate surface area is 153 Å². The van der Waals surface area contributed by atoms with Crippen LogP contribution in [0, 0.1) is 0 Å². The molecule has 1 fully saturated rings. The van der Waals surface area contributed by atoms with E-state index in [4.69, 9.17) is 0 Å². The number of hydrogen-bond donors (Lipinski definition) is 3. The largest absolute Gasteiger partial charge is 0.393 e. The molecule has 0 unspecified atom stereocenters. The topological polar surface area (TPSA) is 98.7 Å². The highest BCUT2D eigenvalue weighted by Gasteiger charge is 2.36. The van der Waals surface area contributed by atoms with E-state index in [-0.39, 0.29) is 18.1 Å². The van der Waals surface area contributed by atoms with Gasteiger partial charge < -0.3 is 20.6 Å². The molecule has 2 rings (SSSR count). The number of piperidine rings is 1. The van der Waals surface area contributed by atoms with E-state index >= 15 is 0 Å². The number of Topliss-reactive ketones (excluding diaryl/α,β-unsaturated/α-hetero) is 1. The van der Waals surface area contributed by atoms with Gasteiger partial charge in [0, 0.05) is 29.8 Å². The van der Waals surface area contributed by atoms with Gasteiger partial charge in [0.15, 0.2) is 5.78 Å². The molecule has 1 heterocycles. The monoisotopic (exact) mass is 361 g/mol. The lowest BCUT2D eigenvalue weighted by Gasteiger charge is -2.38. The molecule has 2 atom stereocenters. The van der Waals surface area contributed by atoms with E-state index in [0.717, 1.165) is 0 Å². The fourth-order valence-electron chi connectivity index (χ4n) is 2.87. The van der Waals surface area contributed by atoms with Crippen molar-refractivity contribution in [2.24, 2.45) is 0 Å². The molecule has 0 radical (unpaired) electrons. The Balaban J connectivity index is 2.10. The summed E-state index contributed by atoms with van der Waals surface area (Å²) >= 11 is 0. The Morgan fingerprint density at radius 3 is 2.31 bits per heavy atom. The average molecular weight is 361 g/mol. The Morgan fingerprint density at radius 1 is 1.15 bits per heavy atom. The molecule has 7 nitrogen and oxygen atoms in total. The molecule has 1 aliphatic rings. The quantitative estimate of drug-likeness (QED) is 0.719. The first-order valence-electron chi connectivity index (χ1n) is 8.75. The molecule has 1 aromatic carbocycles. The van der Waals surface area contributed by atoms with Crippen LogP contribution >= 0.6 is 0 Å². The molecule has 26 heavy (non-hydrogen) atoms. The van der Waals surface area contributed by atoms with Gasteiger partial charge in [-0.05, 0) is 58.4 Å². The molecule has 3 amide bonds. The number of carbonyl (C=O) groups excluding carboxylic acids is 3. The van der Waals surface area contributed by atoms with Gasteiger partial charge in [-0.3, -0.25) is 9.59 Å². The van der Waals surface area contributed by atoms with Crippen LogP contribution in [0.2, 0.25) is 0 Å². The van der Waals surface area contributed by atoms with Crippen LogP contribution in [0.25, 0.3) is 0 Å². The molecule has 7 heteroatoms. The minimum Gasteiger partial charge on any atom is -0.393 e. The number of urea groups is 1. The second-order valence-corrected chi connectivity index (χ2v) is 7.69. The Morgan fingerprint density at radius 2 is 1.77 bits per heavy atom. The zero-order chi connectivity index (χ0) is 19.5. The van der Waals surface area contributed by atoms with E-state index in [1.54, 1.807) is 24.3 Å². The van der Waals surface area contributed by atoms with Crippen molar-refractivity contribution >= 4 is 23.4 Å². The Hall–Kier alpha value is -2.41. The molecule has 1 saturated heterocycles. The molecule has 3 N–H and O–H groups in total. The zero-order valence-electron chi connectivity index (χ0n) is 15.7. The van der Waals surface area contributed by atoms with Gasteiger partial charge in [-0.2, -0.15) is 0 Å². The van der Waals surface area contributed by atoms with Crippen molar-refractivity contribution in [1.29, 1.82) is 0 Å². The van der Waals surface area contributed by atoms with Crippen LogP contribution in [0.4, 0.5) is 10.5 Å². The fourth-order valence-corrected chi connectivity index (χ4v) is 2.87. The van der Waals surface area contributed by atoms with Crippen LogP contribution in [0.3, 0.4) is 0 Å². The highest BCUT2D eigenvalue weighted by molar-refractivity contribution is 5.96. The number of hydrogen-bond acceptors (Lipinski definition) is 4. The van der Waals surface area contributed by atoms with Gasteiger partial charge in [-0.1, -0.05) is 0 Å². The van der Waals surface area contributed by atoms with E-state index in [2.05, 4.69) is 10.6 Å². The number of aliphatic hydroxyl groups excluding tert-OH is 1. The van der Waals surface area contributed by atoms with Crippen molar-refractivity contribution in [1.82, 2.24) is 10.2 Å². The van der Waals surface area contributed by atoms with Crippen molar-refractivity contribution in [2.45, 2.75) is 58.2 Å². The van der Waals surface area contributed by atoms with E-state index in [1.807, 2.05) is 20.8 Å². The van der Waals surface area contributed by atoms with Crippen molar-refractivity contribution in [2.75, 3.05) is 11.9 Å². The fraction of sp³-hybridized carbons (Fsp3) is 0.526. The smallest absolute Gasteiger partial charge is 0.322 e. The van der Waals surface area contributed by atoms with Crippen molar-refractivity contribution in [3.05, 3.63) is 29.8 Å². The molecular weight excluding hydrogens is 334 g/mol. The van der Waals surface area contributed by atoms with Crippen LogP contribution in [0.5, 0.6) is 0 Å². The number of aliphatic hydroxyl groups is 1. The van der Waals surface area contributed by atoms with Gasteiger partial charge in [0.25, 0.3) is 0 Å². The number of nitrogens with zero attached hydrogens (tertiary/aromatic N) is 1. The summed E-state index contributed by atoms with van der Waals surface area (Å²) in [4.78, 5) is 38.0. The van der Waals surface area contributed by atoms with Crippen LogP contribution in [0.1, 0.15) is 50.9 Å². The average Bonchev–Trinajstić information content (AvgIpc) is 2.53. The van der Waals surface area contributed by atoms with Crippen LogP contribution in [-0.4, -0.2) is 52.0 Å². The first-order chi connectivity index (χ1) is 12.1. The Bertz CT molecular complexity index is 679. The first-order valence-corrected chi connectivity index (χ1v) is 8.75. The van der Waals surface area contributed by atoms with Gasteiger partial charge in [-0.15, -0.1) is 0 Å².